The first-order valence-corrected chi connectivity index (χ1v) is 6.08. The quantitative estimate of drug-likeness (QED) is 0.796. The average molecular weight is 262 g/mol. The number of carbonyl (C=O) groups excluding carboxylic acids is 1. The minimum Gasteiger partial charge on any atom is -0.464 e. The van der Waals surface area contributed by atoms with Crippen molar-refractivity contribution in [3.8, 4) is 11.3 Å². The van der Waals surface area contributed by atoms with Crippen LogP contribution in [-0.4, -0.2) is 22.1 Å². The van der Waals surface area contributed by atoms with E-state index in [2.05, 4.69) is 4.98 Å². The van der Waals surface area contributed by atoms with Crippen LogP contribution in [0.5, 0.6) is 0 Å². The molecule has 1 heterocycles. The van der Waals surface area contributed by atoms with Gasteiger partial charge in [0.25, 0.3) is 0 Å². The van der Waals surface area contributed by atoms with Gasteiger partial charge in [0.2, 0.25) is 0 Å². The Kier molecular flexibility index (Phi) is 3.94. The Morgan fingerprint density at radius 2 is 2.11 bits per heavy atom. The largest absolute Gasteiger partial charge is 0.464 e. The summed E-state index contributed by atoms with van der Waals surface area (Å²) in [5.41, 5.74) is 1.55. The molecule has 2 rings (SSSR count). The fraction of sp³-hybridized carbons (Fsp3) is 0.286. The SMILES string of the molecule is CCOC(=O)[C@H](C)n1cncc1-c1ccc(F)cc1. The number of esters is 1. The molecule has 0 aliphatic rings. The average Bonchev–Trinajstić information content (AvgIpc) is 2.88. The van der Waals surface area contributed by atoms with Crippen molar-refractivity contribution in [1.82, 2.24) is 9.55 Å². The van der Waals surface area contributed by atoms with E-state index in [4.69, 9.17) is 4.74 Å². The van der Waals surface area contributed by atoms with Gasteiger partial charge in [-0.15, -0.1) is 0 Å². The summed E-state index contributed by atoms with van der Waals surface area (Å²) in [5.74, 6) is -0.614. The van der Waals surface area contributed by atoms with Crippen molar-refractivity contribution in [1.29, 1.82) is 0 Å². The van der Waals surface area contributed by atoms with E-state index in [0.717, 1.165) is 11.3 Å². The zero-order valence-corrected chi connectivity index (χ0v) is 10.8. The van der Waals surface area contributed by atoms with E-state index in [1.165, 1.54) is 12.1 Å². The molecule has 0 bridgehead atoms. The third kappa shape index (κ3) is 2.81. The van der Waals surface area contributed by atoms with Crippen LogP contribution in [0.15, 0.2) is 36.8 Å². The second-order valence-corrected chi connectivity index (χ2v) is 4.12. The van der Waals surface area contributed by atoms with E-state index in [-0.39, 0.29) is 11.8 Å². The summed E-state index contributed by atoms with van der Waals surface area (Å²) < 4.78 is 19.6. The lowest BCUT2D eigenvalue weighted by atomic mass is 10.1. The molecule has 0 aliphatic carbocycles. The van der Waals surface area contributed by atoms with Crippen molar-refractivity contribution in [2.45, 2.75) is 19.9 Å². The molecule has 0 aliphatic heterocycles. The summed E-state index contributed by atoms with van der Waals surface area (Å²) in [7, 11) is 0. The molecule has 0 unspecified atom stereocenters. The van der Waals surface area contributed by atoms with Gasteiger partial charge in [-0.05, 0) is 43.7 Å². The number of hydrogen-bond acceptors (Lipinski definition) is 3. The minimum absolute atomic E-state index is 0.298. The Labute approximate surface area is 110 Å². The van der Waals surface area contributed by atoms with Crippen LogP contribution in [0.3, 0.4) is 0 Å². The number of aromatic nitrogens is 2. The highest BCUT2D eigenvalue weighted by molar-refractivity contribution is 5.75. The van der Waals surface area contributed by atoms with Gasteiger partial charge in [0.15, 0.2) is 0 Å². The predicted molar refractivity (Wildman–Crippen MR) is 69.0 cm³/mol. The molecule has 1 aromatic carbocycles. The highest BCUT2D eigenvalue weighted by Crippen LogP contribution is 2.23. The number of benzene rings is 1. The molecule has 100 valence electrons. The first-order valence-electron chi connectivity index (χ1n) is 6.08. The van der Waals surface area contributed by atoms with Crippen LogP contribution >= 0.6 is 0 Å². The van der Waals surface area contributed by atoms with Gasteiger partial charge in [-0.2, -0.15) is 0 Å². The minimum atomic E-state index is -0.470. The van der Waals surface area contributed by atoms with Gasteiger partial charge in [0.05, 0.1) is 24.8 Å². The summed E-state index contributed by atoms with van der Waals surface area (Å²) in [4.78, 5) is 15.8. The smallest absolute Gasteiger partial charge is 0.328 e. The Morgan fingerprint density at radius 3 is 2.74 bits per heavy atom. The summed E-state index contributed by atoms with van der Waals surface area (Å²) in [5, 5.41) is 0. The zero-order valence-electron chi connectivity index (χ0n) is 10.8. The highest BCUT2D eigenvalue weighted by atomic mass is 19.1. The molecule has 0 radical (unpaired) electrons. The lowest BCUT2D eigenvalue weighted by molar-refractivity contribution is -0.146. The maximum Gasteiger partial charge on any atom is 0.328 e. The molecular weight excluding hydrogens is 247 g/mol. The Bertz CT molecular complexity index is 563. The van der Waals surface area contributed by atoms with Crippen LogP contribution in [0, 0.1) is 5.82 Å². The zero-order chi connectivity index (χ0) is 13.8. The topological polar surface area (TPSA) is 44.1 Å². The first kappa shape index (κ1) is 13.3. The lowest BCUT2D eigenvalue weighted by Crippen LogP contribution is -2.19. The van der Waals surface area contributed by atoms with E-state index in [9.17, 15) is 9.18 Å². The van der Waals surface area contributed by atoms with Gasteiger partial charge < -0.3 is 9.30 Å². The molecule has 0 fully saturated rings. The van der Waals surface area contributed by atoms with Crippen LogP contribution in [0.25, 0.3) is 11.3 Å². The number of hydrogen-bond donors (Lipinski definition) is 0. The van der Waals surface area contributed by atoms with E-state index in [1.54, 1.807) is 43.1 Å². The third-order valence-electron chi connectivity index (χ3n) is 2.85. The fourth-order valence-corrected chi connectivity index (χ4v) is 1.83. The Morgan fingerprint density at radius 1 is 1.42 bits per heavy atom. The number of rotatable bonds is 4. The maximum atomic E-state index is 12.9. The lowest BCUT2D eigenvalue weighted by Gasteiger charge is -2.15. The number of imidazole rings is 1. The number of carbonyl (C=O) groups is 1. The van der Waals surface area contributed by atoms with Crippen LogP contribution in [0.2, 0.25) is 0 Å². The molecule has 0 saturated carbocycles. The van der Waals surface area contributed by atoms with Gasteiger partial charge >= 0.3 is 5.97 Å². The Hall–Kier alpha value is -2.17. The molecule has 0 N–H and O–H groups in total. The van der Waals surface area contributed by atoms with Gasteiger partial charge in [0, 0.05) is 0 Å². The predicted octanol–water partition coefficient (Wildman–Crippen LogP) is 2.81. The van der Waals surface area contributed by atoms with E-state index < -0.39 is 6.04 Å². The molecular formula is C14H15FN2O2. The van der Waals surface area contributed by atoms with Crippen molar-refractivity contribution in [3.63, 3.8) is 0 Å². The maximum absolute atomic E-state index is 12.9. The second-order valence-electron chi connectivity index (χ2n) is 4.12. The standard InChI is InChI=1S/C14H15FN2O2/c1-3-19-14(18)10(2)17-9-16-8-13(17)11-4-6-12(15)7-5-11/h4-10H,3H2,1-2H3/t10-/m0/s1. The normalized spacial score (nSPS) is 12.2. The van der Waals surface area contributed by atoms with Gasteiger partial charge in [0.1, 0.15) is 11.9 Å². The van der Waals surface area contributed by atoms with Gasteiger partial charge in [-0.25, -0.2) is 14.2 Å². The van der Waals surface area contributed by atoms with Gasteiger partial charge in [-0.1, -0.05) is 0 Å². The molecule has 1 atom stereocenters. The van der Waals surface area contributed by atoms with E-state index in [0.29, 0.717) is 6.61 Å². The molecule has 0 spiro atoms. The molecule has 0 amide bonds. The second kappa shape index (κ2) is 5.65. The van der Waals surface area contributed by atoms with Crippen molar-refractivity contribution >= 4 is 5.97 Å². The van der Waals surface area contributed by atoms with Crippen molar-refractivity contribution in [2.75, 3.05) is 6.61 Å². The van der Waals surface area contributed by atoms with E-state index >= 15 is 0 Å². The highest BCUT2D eigenvalue weighted by Gasteiger charge is 2.19. The molecule has 5 heteroatoms. The summed E-state index contributed by atoms with van der Waals surface area (Å²) in [6, 6.07) is 5.59. The fourth-order valence-electron chi connectivity index (χ4n) is 1.83. The molecule has 0 saturated heterocycles. The van der Waals surface area contributed by atoms with Crippen LogP contribution in [-0.2, 0) is 9.53 Å². The monoisotopic (exact) mass is 262 g/mol. The van der Waals surface area contributed by atoms with Gasteiger partial charge in [-0.3, -0.25) is 0 Å². The Balaban J connectivity index is 2.32. The molecule has 19 heavy (non-hydrogen) atoms. The van der Waals surface area contributed by atoms with Crippen molar-refractivity contribution < 1.29 is 13.9 Å². The summed E-state index contributed by atoms with van der Waals surface area (Å²) >= 11 is 0. The molecule has 1 aromatic heterocycles. The number of halogens is 1. The molecule has 2 aromatic rings. The third-order valence-corrected chi connectivity index (χ3v) is 2.85. The van der Waals surface area contributed by atoms with Crippen LogP contribution in [0.1, 0.15) is 19.9 Å². The first-order chi connectivity index (χ1) is 9.13. The van der Waals surface area contributed by atoms with Crippen LogP contribution in [0.4, 0.5) is 4.39 Å². The van der Waals surface area contributed by atoms with Crippen LogP contribution < -0.4 is 0 Å². The van der Waals surface area contributed by atoms with E-state index in [1.807, 2.05) is 0 Å². The molecule has 4 nitrogen and oxygen atoms in total. The van der Waals surface area contributed by atoms with Crippen molar-refractivity contribution in [3.05, 3.63) is 42.6 Å². The van der Waals surface area contributed by atoms with Crippen molar-refractivity contribution in [2.24, 2.45) is 0 Å². The summed E-state index contributed by atoms with van der Waals surface area (Å²) in [6.07, 6.45) is 3.21. The number of ether oxygens (including phenoxy) is 1. The number of nitrogens with zero attached hydrogens (tertiary/aromatic N) is 2. The summed E-state index contributed by atoms with van der Waals surface area (Å²) in [6.45, 7) is 3.84.